The average molecular weight is 308 g/mol. The Balaban J connectivity index is 1.57. The van der Waals surface area contributed by atoms with E-state index in [4.69, 9.17) is 0 Å². The highest BCUT2D eigenvalue weighted by Gasteiger charge is 2.23. The SMILES string of the molecule is CC(C)c1nc2n(n1)C[C@@H](Nc1ncnc3ccccc13)CC2. The van der Waals surface area contributed by atoms with Gasteiger partial charge in [0, 0.05) is 23.8 Å². The maximum Gasteiger partial charge on any atom is 0.153 e. The maximum absolute atomic E-state index is 4.64. The Morgan fingerprint density at radius 1 is 1.22 bits per heavy atom. The third-order valence-electron chi connectivity index (χ3n) is 4.27. The van der Waals surface area contributed by atoms with Gasteiger partial charge < -0.3 is 5.32 Å². The second kappa shape index (κ2) is 5.61. The van der Waals surface area contributed by atoms with Gasteiger partial charge in [0.1, 0.15) is 18.0 Å². The molecule has 0 fully saturated rings. The molecule has 1 aromatic carbocycles. The van der Waals surface area contributed by atoms with Gasteiger partial charge in [-0.05, 0) is 18.6 Å². The van der Waals surface area contributed by atoms with Crippen molar-refractivity contribution in [2.24, 2.45) is 0 Å². The third kappa shape index (κ3) is 2.65. The summed E-state index contributed by atoms with van der Waals surface area (Å²) >= 11 is 0. The van der Waals surface area contributed by atoms with Gasteiger partial charge in [-0.1, -0.05) is 26.0 Å². The van der Waals surface area contributed by atoms with Gasteiger partial charge >= 0.3 is 0 Å². The van der Waals surface area contributed by atoms with E-state index in [1.807, 2.05) is 22.9 Å². The normalized spacial score (nSPS) is 17.4. The zero-order valence-corrected chi connectivity index (χ0v) is 13.4. The zero-order valence-electron chi connectivity index (χ0n) is 13.4. The topological polar surface area (TPSA) is 68.5 Å². The van der Waals surface area contributed by atoms with Crippen molar-refractivity contribution in [2.75, 3.05) is 5.32 Å². The number of aromatic nitrogens is 5. The Morgan fingerprint density at radius 3 is 2.96 bits per heavy atom. The lowest BCUT2D eigenvalue weighted by molar-refractivity contribution is 0.439. The van der Waals surface area contributed by atoms with E-state index >= 15 is 0 Å². The highest BCUT2D eigenvalue weighted by molar-refractivity contribution is 5.88. The summed E-state index contributed by atoms with van der Waals surface area (Å²) in [5, 5.41) is 9.26. The lowest BCUT2D eigenvalue weighted by Gasteiger charge is -2.24. The maximum atomic E-state index is 4.64. The summed E-state index contributed by atoms with van der Waals surface area (Å²) in [5.41, 5.74) is 0.962. The molecule has 6 heteroatoms. The molecule has 0 aliphatic carbocycles. The second-order valence-corrected chi connectivity index (χ2v) is 6.34. The number of hydrogen-bond donors (Lipinski definition) is 1. The molecule has 0 spiro atoms. The van der Waals surface area contributed by atoms with E-state index in [9.17, 15) is 0 Å². The molecule has 118 valence electrons. The van der Waals surface area contributed by atoms with Crippen molar-refractivity contribution in [3.8, 4) is 0 Å². The van der Waals surface area contributed by atoms with Gasteiger partial charge in [-0.2, -0.15) is 5.10 Å². The van der Waals surface area contributed by atoms with E-state index in [2.05, 4.69) is 45.3 Å². The van der Waals surface area contributed by atoms with Crippen LogP contribution in [0.5, 0.6) is 0 Å². The Morgan fingerprint density at radius 2 is 2.09 bits per heavy atom. The molecule has 6 nitrogen and oxygen atoms in total. The largest absolute Gasteiger partial charge is 0.365 e. The number of nitrogens with zero attached hydrogens (tertiary/aromatic N) is 5. The molecule has 1 aliphatic rings. The van der Waals surface area contributed by atoms with Crippen molar-refractivity contribution in [1.82, 2.24) is 24.7 Å². The molecule has 0 bridgehead atoms. The second-order valence-electron chi connectivity index (χ2n) is 6.34. The lowest BCUT2D eigenvalue weighted by Crippen LogP contribution is -2.32. The number of anilines is 1. The smallest absolute Gasteiger partial charge is 0.153 e. The molecule has 0 saturated carbocycles. The Hall–Kier alpha value is -2.50. The van der Waals surface area contributed by atoms with Gasteiger partial charge in [0.05, 0.1) is 12.1 Å². The number of rotatable bonds is 3. The molecule has 23 heavy (non-hydrogen) atoms. The van der Waals surface area contributed by atoms with Crippen LogP contribution < -0.4 is 5.32 Å². The summed E-state index contributed by atoms with van der Waals surface area (Å²) in [7, 11) is 0. The first-order valence-corrected chi connectivity index (χ1v) is 8.10. The summed E-state index contributed by atoms with van der Waals surface area (Å²) in [6.45, 7) is 5.08. The molecule has 0 saturated heterocycles. The van der Waals surface area contributed by atoms with Crippen LogP contribution in [0.2, 0.25) is 0 Å². The summed E-state index contributed by atoms with van der Waals surface area (Å²) in [6.07, 6.45) is 3.60. The van der Waals surface area contributed by atoms with Crippen LogP contribution in [0.25, 0.3) is 10.9 Å². The number of nitrogens with one attached hydrogen (secondary N) is 1. The van der Waals surface area contributed by atoms with Gasteiger partial charge in [-0.3, -0.25) is 0 Å². The highest BCUT2D eigenvalue weighted by atomic mass is 15.4. The molecule has 3 aromatic rings. The molecule has 4 rings (SSSR count). The molecule has 0 amide bonds. The Bertz CT molecular complexity index is 833. The standard InChI is InChI=1S/C17H20N6/c1-11(2)16-21-15-8-7-12(9-23(15)22-16)20-17-13-5-3-4-6-14(13)18-10-19-17/h3-6,10-12H,7-9H2,1-2H3,(H,18,19,20)/t12-/m0/s1. The van der Waals surface area contributed by atoms with Gasteiger partial charge in [-0.25, -0.2) is 19.6 Å². The molecular weight excluding hydrogens is 288 g/mol. The van der Waals surface area contributed by atoms with Crippen LogP contribution in [0, 0.1) is 0 Å². The molecule has 2 aromatic heterocycles. The van der Waals surface area contributed by atoms with E-state index in [0.717, 1.165) is 47.8 Å². The number of fused-ring (bicyclic) bond motifs is 2. The third-order valence-corrected chi connectivity index (χ3v) is 4.27. The summed E-state index contributed by atoms with van der Waals surface area (Å²) < 4.78 is 2.04. The van der Waals surface area contributed by atoms with Crippen molar-refractivity contribution >= 4 is 16.7 Å². The number of aryl methyl sites for hydroxylation is 1. The fraction of sp³-hybridized carbons (Fsp3) is 0.412. The minimum Gasteiger partial charge on any atom is -0.365 e. The van der Waals surface area contributed by atoms with Crippen LogP contribution in [0.1, 0.15) is 37.8 Å². The van der Waals surface area contributed by atoms with E-state index in [1.165, 1.54) is 0 Å². The lowest BCUT2D eigenvalue weighted by atomic mass is 10.1. The fourth-order valence-electron chi connectivity index (χ4n) is 3.00. The Kier molecular flexibility index (Phi) is 3.44. The van der Waals surface area contributed by atoms with E-state index in [0.29, 0.717) is 12.0 Å². The Labute approximate surface area is 135 Å². The zero-order chi connectivity index (χ0) is 15.8. The van der Waals surface area contributed by atoms with Crippen molar-refractivity contribution < 1.29 is 0 Å². The first kappa shape index (κ1) is 14.1. The molecule has 1 atom stereocenters. The fourth-order valence-corrected chi connectivity index (χ4v) is 3.00. The first-order chi connectivity index (χ1) is 11.2. The van der Waals surface area contributed by atoms with Crippen molar-refractivity contribution in [3.63, 3.8) is 0 Å². The van der Waals surface area contributed by atoms with Crippen molar-refractivity contribution in [3.05, 3.63) is 42.2 Å². The van der Waals surface area contributed by atoms with Crippen LogP contribution >= 0.6 is 0 Å². The summed E-state index contributed by atoms with van der Waals surface area (Å²) in [5.74, 6) is 3.30. The van der Waals surface area contributed by atoms with Gasteiger partial charge in [0.15, 0.2) is 5.82 Å². The predicted octanol–water partition coefficient (Wildman–Crippen LogP) is 2.77. The quantitative estimate of drug-likeness (QED) is 0.806. The predicted molar refractivity (Wildman–Crippen MR) is 89.4 cm³/mol. The molecule has 0 unspecified atom stereocenters. The molecule has 1 aliphatic heterocycles. The molecule has 1 N–H and O–H groups in total. The minimum atomic E-state index is 0.308. The van der Waals surface area contributed by atoms with Gasteiger partial charge in [0.25, 0.3) is 0 Å². The summed E-state index contributed by atoms with van der Waals surface area (Å²) in [4.78, 5) is 13.4. The van der Waals surface area contributed by atoms with Crippen LogP contribution in [-0.2, 0) is 13.0 Å². The first-order valence-electron chi connectivity index (χ1n) is 8.10. The molecule has 0 radical (unpaired) electrons. The monoisotopic (exact) mass is 308 g/mol. The van der Waals surface area contributed by atoms with Crippen LogP contribution in [-0.4, -0.2) is 30.8 Å². The van der Waals surface area contributed by atoms with Crippen molar-refractivity contribution in [2.45, 2.75) is 45.2 Å². The highest BCUT2D eigenvalue weighted by Crippen LogP contribution is 2.23. The van der Waals surface area contributed by atoms with E-state index in [1.54, 1.807) is 6.33 Å². The minimum absolute atomic E-state index is 0.308. The number of hydrogen-bond acceptors (Lipinski definition) is 5. The van der Waals surface area contributed by atoms with E-state index in [-0.39, 0.29) is 0 Å². The number of para-hydroxylation sites is 1. The van der Waals surface area contributed by atoms with Gasteiger partial charge in [-0.15, -0.1) is 0 Å². The van der Waals surface area contributed by atoms with Crippen LogP contribution in [0.4, 0.5) is 5.82 Å². The van der Waals surface area contributed by atoms with Crippen LogP contribution in [0.15, 0.2) is 30.6 Å². The van der Waals surface area contributed by atoms with Gasteiger partial charge in [0.2, 0.25) is 0 Å². The van der Waals surface area contributed by atoms with Crippen molar-refractivity contribution in [1.29, 1.82) is 0 Å². The van der Waals surface area contributed by atoms with E-state index < -0.39 is 0 Å². The summed E-state index contributed by atoms with van der Waals surface area (Å²) in [6, 6.07) is 8.38. The average Bonchev–Trinajstić information content (AvgIpc) is 2.99. The molecular formula is C17H20N6. The van der Waals surface area contributed by atoms with Crippen LogP contribution in [0.3, 0.4) is 0 Å². The number of benzene rings is 1. The molecule has 3 heterocycles.